The van der Waals surface area contributed by atoms with Crippen molar-refractivity contribution in [2.45, 2.75) is 19.9 Å². The summed E-state index contributed by atoms with van der Waals surface area (Å²) >= 11 is 0. The molecule has 0 aromatic heterocycles. The quantitative estimate of drug-likeness (QED) is 0.837. The molecular weight excluding hydrogens is 210 g/mol. The van der Waals surface area contributed by atoms with Gasteiger partial charge in [0.05, 0.1) is 0 Å². The molecule has 1 aliphatic rings. The predicted molar refractivity (Wildman–Crippen MR) is 73.6 cm³/mol. The van der Waals surface area contributed by atoms with E-state index < -0.39 is 0 Å². The van der Waals surface area contributed by atoms with Gasteiger partial charge in [-0.1, -0.05) is 18.2 Å². The van der Waals surface area contributed by atoms with Crippen LogP contribution in [0.25, 0.3) is 0 Å². The van der Waals surface area contributed by atoms with Crippen LogP contribution in [0.4, 0.5) is 5.69 Å². The summed E-state index contributed by atoms with van der Waals surface area (Å²) in [6.45, 7) is 8.35. The molecule has 17 heavy (non-hydrogen) atoms. The average Bonchev–Trinajstić information content (AvgIpc) is 2.31. The lowest BCUT2D eigenvalue weighted by molar-refractivity contribution is 0.223. The Bertz CT molecular complexity index is 369. The zero-order valence-corrected chi connectivity index (χ0v) is 11.1. The van der Waals surface area contributed by atoms with Gasteiger partial charge in [0.15, 0.2) is 0 Å². The van der Waals surface area contributed by atoms with E-state index in [4.69, 9.17) is 5.73 Å². The van der Waals surface area contributed by atoms with E-state index in [1.807, 2.05) is 0 Å². The van der Waals surface area contributed by atoms with Crippen LogP contribution in [0.15, 0.2) is 18.2 Å². The number of nitrogens with two attached hydrogens (primary N) is 1. The third kappa shape index (κ3) is 2.45. The molecule has 1 fully saturated rings. The Hall–Kier alpha value is -1.06. The molecule has 2 N–H and O–H groups in total. The Morgan fingerprint density at radius 3 is 2.47 bits per heavy atom. The lowest BCUT2D eigenvalue weighted by Crippen LogP contribution is -2.54. The second-order valence-electron chi connectivity index (χ2n) is 5.06. The van der Waals surface area contributed by atoms with Gasteiger partial charge in [-0.25, -0.2) is 0 Å². The normalized spacial score (nSPS) is 21.9. The summed E-state index contributed by atoms with van der Waals surface area (Å²) in [5.41, 5.74) is 9.98. The van der Waals surface area contributed by atoms with Crippen molar-refractivity contribution in [3.05, 3.63) is 29.3 Å². The van der Waals surface area contributed by atoms with Crippen LogP contribution < -0.4 is 10.6 Å². The Morgan fingerprint density at radius 1 is 1.24 bits per heavy atom. The predicted octanol–water partition coefficient (Wildman–Crippen LogP) is 1.38. The van der Waals surface area contributed by atoms with E-state index in [0.717, 1.165) is 26.2 Å². The molecule has 3 nitrogen and oxygen atoms in total. The molecule has 0 spiro atoms. The van der Waals surface area contributed by atoms with Crippen LogP contribution >= 0.6 is 0 Å². The maximum Gasteiger partial charge on any atom is 0.0426 e. The summed E-state index contributed by atoms with van der Waals surface area (Å²) < 4.78 is 0. The third-order valence-corrected chi connectivity index (χ3v) is 3.80. The standard InChI is InChI=1S/C14H23N3/c1-11-5-4-6-12(2)14(11)17-8-7-16(3)13(9-15)10-17/h4-6,13H,7-10,15H2,1-3H3. The van der Waals surface area contributed by atoms with Gasteiger partial charge in [-0.05, 0) is 32.0 Å². The number of rotatable bonds is 2. The minimum atomic E-state index is 0.475. The van der Waals surface area contributed by atoms with Crippen molar-refractivity contribution in [1.82, 2.24) is 4.90 Å². The first-order valence-electron chi connectivity index (χ1n) is 6.35. The molecule has 0 amide bonds. The van der Waals surface area contributed by atoms with Gasteiger partial charge in [-0.3, -0.25) is 4.90 Å². The van der Waals surface area contributed by atoms with Gasteiger partial charge in [0.2, 0.25) is 0 Å². The second kappa shape index (κ2) is 5.07. The maximum atomic E-state index is 5.84. The molecule has 1 saturated heterocycles. The molecule has 1 unspecified atom stereocenters. The highest BCUT2D eigenvalue weighted by atomic mass is 15.3. The van der Waals surface area contributed by atoms with Crippen molar-refractivity contribution in [2.24, 2.45) is 5.73 Å². The highest BCUT2D eigenvalue weighted by molar-refractivity contribution is 5.59. The molecule has 0 radical (unpaired) electrons. The molecule has 0 saturated carbocycles. The zero-order valence-electron chi connectivity index (χ0n) is 11.1. The summed E-state index contributed by atoms with van der Waals surface area (Å²) in [6, 6.07) is 6.99. The molecule has 1 aliphatic heterocycles. The monoisotopic (exact) mass is 233 g/mol. The Labute approximate surface area is 104 Å². The SMILES string of the molecule is Cc1cccc(C)c1N1CCN(C)C(CN)C1. The van der Waals surface area contributed by atoms with E-state index in [1.165, 1.54) is 16.8 Å². The number of likely N-dealkylation sites (N-methyl/N-ethyl adjacent to an activating group) is 1. The highest BCUT2D eigenvalue weighted by Crippen LogP contribution is 2.26. The molecule has 94 valence electrons. The molecule has 3 heteroatoms. The largest absolute Gasteiger partial charge is 0.368 e. The molecule has 2 rings (SSSR count). The van der Waals surface area contributed by atoms with Gasteiger partial charge in [0.25, 0.3) is 0 Å². The third-order valence-electron chi connectivity index (χ3n) is 3.80. The van der Waals surface area contributed by atoms with Crippen molar-refractivity contribution >= 4 is 5.69 Å². The van der Waals surface area contributed by atoms with Crippen LogP contribution in [0.5, 0.6) is 0 Å². The van der Waals surface area contributed by atoms with Gasteiger partial charge in [0.1, 0.15) is 0 Å². The van der Waals surface area contributed by atoms with E-state index in [9.17, 15) is 0 Å². The summed E-state index contributed by atoms with van der Waals surface area (Å²) in [5.74, 6) is 0. The Balaban J connectivity index is 2.23. The van der Waals surface area contributed by atoms with Crippen molar-refractivity contribution in [3.63, 3.8) is 0 Å². The van der Waals surface area contributed by atoms with Crippen LogP contribution in [0.3, 0.4) is 0 Å². The number of aryl methyl sites for hydroxylation is 2. The zero-order chi connectivity index (χ0) is 12.4. The first-order chi connectivity index (χ1) is 8.13. The molecule has 1 heterocycles. The molecule has 0 aliphatic carbocycles. The van der Waals surface area contributed by atoms with Crippen LogP contribution in [-0.4, -0.2) is 44.2 Å². The van der Waals surface area contributed by atoms with Crippen molar-refractivity contribution in [2.75, 3.05) is 38.1 Å². The maximum absolute atomic E-state index is 5.84. The fourth-order valence-corrected chi connectivity index (χ4v) is 2.71. The summed E-state index contributed by atoms with van der Waals surface area (Å²) in [7, 11) is 2.17. The lowest BCUT2D eigenvalue weighted by atomic mass is 10.1. The van der Waals surface area contributed by atoms with Gasteiger partial charge in [-0.2, -0.15) is 0 Å². The minimum Gasteiger partial charge on any atom is -0.368 e. The first kappa shape index (κ1) is 12.4. The molecule has 1 aromatic rings. The molecule has 0 bridgehead atoms. The van der Waals surface area contributed by atoms with Crippen LogP contribution in [0, 0.1) is 13.8 Å². The highest BCUT2D eigenvalue weighted by Gasteiger charge is 2.24. The minimum absolute atomic E-state index is 0.475. The first-order valence-corrected chi connectivity index (χ1v) is 6.35. The van der Waals surface area contributed by atoms with E-state index in [0.29, 0.717) is 6.04 Å². The number of hydrogen-bond donors (Lipinski definition) is 1. The number of hydrogen-bond acceptors (Lipinski definition) is 3. The smallest absolute Gasteiger partial charge is 0.0426 e. The summed E-state index contributed by atoms with van der Waals surface area (Å²) in [4.78, 5) is 4.85. The number of para-hydroxylation sites is 1. The van der Waals surface area contributed by atoms with E-state index in [-0.39, 0.29) is 0 Å². The average molecular weight is 233 g/mol. The van der Waals surface area contributed by atoms with Crippen LogP contribution in [-0.2, 0) is 0 Å². The number of nitrogens with zero attached hydrogens (tertiary/aromatic N) is 2. The fourth-order valence-electron chi connectivity index (χ4n) is 2.71. The van der Waals surface area contributed by atoms with Gasteiger partial charge in [-0.15, -0.1) is 0 Å². The van der Waals surface area contributed by atoms with Gasteiger partial charge in [0, 0.05) is 37.9 Å². The van der Waals surface area contributed by atoms with Crippen LogP contribution in [0.1, 0.15) is 11.1 Å². The molecule has 1 aromatic carbocycles. The van der Waals surface area contributed by atoms with Crippen molar-refractivity contribution in [3.8, 4) is 0 Å². The van der Waals surface area contributed by atoms with E-state index in [2.05, 4.69) is 48.9 Å². The summed E-state index contributed by atoms with van der Waals surface area (Å²) in [5, 5.41) is 0. The number of anilines is 1. The molecule has 1 atom stereocenters. The van der Waals surface area contributed by atoms with Crippen LogP contribution in [0.2, 0.25) is 0 Å². The summed E-state index contributed by atoms with van der Waals surface area (Å²) in [6.07, 6.45) is 0. The topological polar surface area (TPSA) is 32.5 Å². The Kier molecular flexibility index (Phi) is 3.69. The Morgan fingerprint density at radius 2 is 1.88 bits per heavy atom. The fraction of sp³-hybridized carbons (Fsp3) is 0.571. The van der Waals surface area contributed by atoms with Gasteiger partial charge >= 0.3 is 0 Å². The van der Waals surface area contributed by atoms with Crippen molar-refractivity contribution in [1.29, 1.82) is 0 Å². The van der Waals surface area contributed by atoms with Gasteiger partial charge < -0.3 is 10.6 Å². The number of benzene rings is 1. The molecular formula is C14H23N3. The van der Waals surface area contributed by atoms with E-state index >= 15 is 0 Å². The number of piperazine rings is 1. The second-order valence-corrected chi connectivity index (χ2v) is 5.06. The van der Waals surface area contributed by atoms with Crippen molar-refractivity contribution < 1.29 is 0 Å². The van der Waals surface area contributed by atoms with E-state index in [1.54, 1.807) is 0 Å². The lowest BCUT2D eigenvalue weighted by Gasteiger charge is -2.41.